The zero-order valence-electron chi connectivity index (χ0n) is 5.19. The molecule has 0 saturated carbocycles. The minimum atomic E-state index is 0.248. The normalized spacial score (nSPS) is 7.88. The number of carbonyl (C=O) groups excluding carboxylic acids is 1. The predicted octanol–water partition coefficient (Wildman–Crippen LogP) is 1.15. The molecule has 0 atom stereocenters. The molecule has 0 aromatic carbocycles. The zero-order chi connectivity index (χ0) is 6.41. The predicted molar refractivity (Wildman–Crippen MR) is 32.9 cm³/mol. The summed E-state index contributed by atoms with van der Waals surface area (Å²) in [7, 11) is 0. The van der Waals surface area contributed by atoms with Crippen molar-refractivity contribution in [2.75, 3.05) is 0 Å². The molecular weight excluding hydrogens is 100 g/mol. The second kappa shape index (κ2) is 4.39. The van der Waals surface area contributed by atoms with Crippen LogP contribution in [0.1, 0.15) is 20.3 Å². The molecule has 0 spiro atoms. The van der Waals surface area contributed by atoms with Crippen molar-refractivity contribution in [2.24, 2.45) is 5.92 Å². The first kappa shape index (κ1) is 7.23. The third kappa shape index (κ3) is 5.23. The second-order valence-electron chi connectivity index (χ2n) is 1.80. The molecule has 0 saturated heterocycles. The molecule has 1 nitrogen and oxygen atoms in total. The standard InChI is InChI=1S/C7H9O/c1-7(2)5-3-4-6-8/h7H,4H2,1-2H3. The van der Waals surface area contributed by atoms with Crippen LogP contribution in [0.25, 0.3) is 0 Å². The third-order valence-electron chi connectivity index (χ3n) is 0.551. The first-order valence-electron chi connectivity index (χ1n) is 2.60. The summed E-state index contributed by atoms with van der Waals surface area (Å²) >= 11 is 0. The molecule has 1 heteroatoms. The van der Waals surface area contributed by atoms with Crippen LogP contribution in [0.5, 0.6) is 0 Å². The van der Waals surface area contributed by atoms with Crippen molar-refractivity contribution in [3.63, 3.8) is 0 Å². The number of hydrogen-bond donors (Lipinski definition) is 0. The molecule has 0 aliphatic heterocycles. The summed E-state index contributed by atoms with van der Waals surface area (Å²) in [6.45, 7) is 3.97. The Bertz CT molecular complexity index is 114. The third-order valence-corrected chi connectivity index (χ3v) is 0.551. The lowest BCUT2D eigenvalue weighted by atomic mass is 10.2. The molecule has 0 aliphatic rings. The van der Waals surface area contributed by atoms with Gasteiger partial charge in [-0.25, -0.2) is 0 Å². The average molecular weight is 109 g/mol. The van der Waals surface area contributed by atoms with Crippen LogP contribution in [0.2, 0.25) is 0 Å². The Kier molecular flexibility index (Phi) is 3.97. The van der Waals surface area contributed by atoms with E-state index in [1.807, 2.05) is 13.8 Å². The van der Waals surface area contributed by atoms with Crippen molar-refractivity contribution >= 4 is 6.29 Å². The van der Waals surface area contributed by atoms with Gasteiger partial charge in [-0.1, -0.05) is 19.8 Å². The first-order chi connectivity index (χ1) is 3.77. The lowest BCUT2D eigenvalue weighted by Gasteiger charge is -1.83. The Morgan fingerprint density at radius 3 is 2.50 bits per heavy atom. The molecule has 0 aromatic heterocycles. The fraction of sp³-hybridized carbons (Fsp3) is 0.571. The van der Waals surface area contributed by atoms with E-state index in [2.05, 4.69) is 11.8 Å². The van der Waals surface area contributed by atoms with Crippen LogP contribution in [0.4, 0.5) is 0 Å². The van der Waals surface area contributed by atoms with Gasteiger partial charge in [0.05, 0.1) is 6.42 Å². The Hall–Kier alpha value is -0.770. The Morgan fingerprint density at radius 2 is 2.12 bits per heavy atom. The minimum Gasteiger partial charge on any atom is -0.290 e. The van der Waals surface area contributed by atoms with Crippen molar-refractivity contribution in [2.45, 2.75) is 20.3 Å². The fourth-order valence-corrected chi connectivity index (χ4v) is 0.291. The summed E-state index contributed by atoms with van der Waals surface area (Å²) < 4.78 is 0. The van der Waals surface area contributed by atoms with E-state index >= 15 is 0 Å². The van der Waals surface area contributed by atoms with E-state index in [1.54, 1.807) is 6.29 Å². The summed E-state index contributed by atoms with van der Waals surface area (Å²) in [5, 5.41) is 0. The maximum absolute atomic E-state index is 9.56. The molecule has 0 heterocycles. The molecule has 43 valence electrons. The van der Waals surface area contributed by atoms with Gasteiger partial charge in [0, 0.05) is 5.92 Å². The molecule has 0 fully saturated rings. The van der Waals surface area contributed by atoms with E-state index in [0.717, 1.165) is 0 Å². The monoisotopic (exact) mass is 109 g/mol. The van der Waals surface area contributed by atoms with E-state index in [-0.39, 0.29) is 6.42 Å². The van der Waals surface area contributed by atoms with E-state index in [0.29, 0.717) is 5.92 Å². The molecule has 1 radical (unpaired) electrons. The van der Waals surface area contributed by atoms with Crippen LogP contribution in [-0.2, 0) is 4.79 Å². The maximum Gasteiger partial charge on any atom is 0.211 e. The highest BCUT2D eigenvalue weighted by Crippen LogP contribution is 1.85. The smallest absolute Gasteiger partial charge is 0.211 e. The minimum absolute atomic E-state index is 0.248. The van der Waals surface area contributed by atoms with E-state index in [1.165, 1.54) is 0 Å². The summed E-state index contributed by atoms with van der Waals surface area (Å²) in [6, 6.07) is 0. The molecule has 0 aromatic rings. The zero-order valence-corrected chi connectivity index (χ0v) is 5.19. The SMILES string of the molecule is CC(C)C#CC[C]=O. The molecular formula is C7H9O. The first-order valence-corrected chi connectivity index (χ1v) is 2.60. The van der Waals surface area contributed by atoms with Gasteiger partial charge in [0.25, 0.3) is 0 Å². The largest absolute Gasteiger partial charge is 0.290 e. The van der Waals surface area contributed by atoms with Gasteiger partial charge in [-0.2, -0.15) is 0 Å². The van der Waals surface area contributed by atoms with Crippen molar-refractivity contribution in [1.29, 1.82) is 0 Å². The van der Waals surface area contributed by atoms with Crippen LogP contribution < -0.4 is 0 Å². The number of hydrogen-bond acceptors (Lipinski definition) is 1. The molecule has 0 N–H and O–H groups in total. The lowest BCUT2D eigenvalue weighted by Crippen LogP contribution is -1.77. The summed E-state index contributed by atoms with van der Waals surface area (Å²) in [6.07, 6.45) is 1.95. The van der Waals surface area contributed by atoms with E-state index in [4.69, 9.17) is 0 Å². The fourth-order valence-electron chi connectivity index (χ4n) is 0.291. The van der Waals surface area contributed by atoms with Crippen LogP contribution in [0.15, 0.2) is 0 Å². The van der Waals surface area contributed by atoms with E-state index in [9.17, 15) is 4.79 Å². The van der Waals surface area contributed by atoms with Gasteiger partial charge in [-0.3, -0.25) is 4.79 Å². The summed E-state index contributed by atoms with van der Waals surface area (Å²) in [5.74, 6) is 5.86. The topological polar surface area (TPSA) is 17.1 Å². The lowest BCUT2D eigenvalue weighted by molar-refractivity contribution is 0.556. The summed E-state index contributed by atoms with van der Waals surface area (Å²) in [5.41, 5.74) is 0. The molecule has 8 heavy (non-hydrogen) atoms. The maximum atomic E-state index is 9.56. The Labute approximate surface area is 50.1 Å². The second-order valence-corrected chi connectivity index (χ2v) is 1.80. The van der Waals surface area contributed by atoms with Gasteiger partial charge < -0.3 is 0 Å². The van der Waals surface area contributed by atoms with Crippen molar-refractivity contribution < 1.29 is 4.79 Å². The van der Waals surface area contributed by atoms with Crippen LogP contribution in [0, 0.1) is 17.8 Å². The van der Waals surface area contributed by atoms with Crippen molar-refractivity contribution in [3.8, 4) is 11.8 Å². The molecule has 0 unspecified atom stereocenters. The quantitative estimate of drug-likeness (QED) is 0.461. The Morgan fingerprint density at radius 1 is 1.50 bits per heavy atom. The van der Waals surface area contributed by atoms with Crippen LogP contribution in [0.3, 0.4) is 0 Å². The van der Waals surface area contributed by atoms with Gasteiger partial charge in [0.1, 0.15) is 0 Å². The summed E-state index contributed by atoms with van der Waals surface area (Å²) in [4.78, 5) is 9.56. The van der Waals surface area contributed by atoms with Gasteiger partial charge in [0.15, 0.2) is 0 Å². The van der Waals surface area contributed by atoms with Crippen LogP contribution in [-0.4, -0.2) is 6.29 Å². The highest BCUT2D eigenvalue weighted by molar-refractivity contribution is 5.54. The highest BCUT2D eigenvalue weighted by atomic mass is 16.1. The molecule has 0 aliphatic carbocycles. The van der Waals surface area contributed by atoms with Crippen molar-refractivity contribution in [3.05, 3.63) is 0 Å². The van der Waals surface area contributed by atoms with Gasteiger partial charge in [-0.15, -0.1) is 5.92 Å². The van der Waals surface area contributed by atoms with Crippen molar-refractivity contribution in [1.82, 2.24) is 0 Å². The molecule has 0 bridgehead atoms. The number of rotatable bonds is 1. The average Bonchev–Trinajstić information content (AvgIpc) is 1.66. The van der Waals surface area contributed by atoms with Crippen LogP contribution >= 0.6 is 0 Å². The molecule has 0 rings (SSSR count). The van der Waals surface area contributed by atoms with Gasteiger partial charge in [0.2, 0.25) is 6.29 Å². The Balaban J connectivity index is 3.34. The van der Waals surface area contributed by atoms with Gasteiger partial charge in [-0.05, 0) is 0 Å². The highest BCUT2D eigenvalue weighted by Gasteiger charge is 1.79. The van der Waals surface area contributed by atoms with Gasteiger partial charge >= 0.3 is 0 Å². The van der Waals surface area contributed by atoms with E-state index < -0.39 is 0 Å². The molecule has 0 amide bonds.